The fraction of sp³-hybridized carbons (Fsp3) is 0.400. The summed E-state index contributed by atoms with van der Waals surface area (Å²) in [4.78, 5) is 0. The molecule has 12 heavy (non-hydrogen) atoms. The Morgan fingerprint density at radius 3 is 2.67 bits per heavy atom. The molecule has 0 saturated carbocycles. The van der Waals surface area contributed by atoms with Gasteiger partial charge in [-0.15, -0.1) is 0 Å². The van der Waals surface area contributed by atoms with Crippen LogP contribution in [0.15, 0.2) is 18.2 Å². The van der Waals surface area contributed by atoms with E-state index in [2.05, 4.69) is 14.8 Å². The lowest BCUT2D eigenvalue weighted by Gasteiger charge is -2.09. The van der Waals surface area contributed by atoms with Crippen LogP contribution in [0.1, 0.15) is 30.3 Å². The molecule has 1 unspecified atom stereocenters. The van der Waals surface area contributed by atoms with Crippen LogP contribution < -0.4 is 0 Å². The summed E-state index contributed by atoms with van der Waals surface area (Å²) in [5, 5.41) is 0. The van der Waals surface area contributed by atoms with Gasteiger partial charge in [-0.05, 0) is 29.9 Å². The van der Waals surface area contributed by atoms with Crippen LogP contribution in [-0.2, 0) is 0 Å². The lowest BCUT2D eigenvalue weighted by atomic mass is 9.79. The molecule has 0 aliphatic heterocycles. The molecule has 0 aliphatic rings. The van der Waals surface area contributed by atoms with Crippen molar-refractivity contribution in [3.8, 4) is 0 Å². The Hall–Kier alpha value is -0.785. The van der Waals surface area contributed by atoms with Crippen molar-refractivity contribution in [1.82, 2.24) is 0 Å². The summed E-state index contributed by atoms with van der Waals surface area (Å²) in [6, 6.07) is 5.49. The highest BCUT2D eigenvalue weighted by Crippen LogP contribution is 2.18. The molecule has 0 radical (unpaired) electrons. The Morgan fingerprint density at radius 1 is 1.50 bits per heavy atom. The van der Waals surface area contributed by atoms with Crippen molar-refractivity contribution in [2.45, 2.75) is 26.1 Å². The summed E-state index contributed by atoms with van der Waals surface area (Å²) in [5.41, 5.74) is 1.82. The highest BCUT2D eigenvalue weighted by molar-refractivity contribution is 6.12. The van der Waals surface area contributed by atoms with E-state index in [0.717, 1.165) is 17.5 Å². The van der Waals surface area contributed by atoms with E-state index in [1.165, 1.54) is 0 Å². The van der Waals surface area contributed by atoms with Gasteiger partial charge in [0.05, 0.1) is 0 Å². The first-order valence-corrected chi connectivity index (χ1v) is 4.41. The highest BCUT2D eigenvalue weighted by Gasteiger charge is 2.04. The lowest BCUT2D eigenvalue weighted by Crippen LogP contribution is -1.97. The first-order valence-electron chi connectivity index (χ1n) is 4.41. The van der Waals surface area contributed by atoms with Gasteiger partial charge in [0.2, 0.25) is 0 Å². The minimum Gasteiger partial charge on any atom is -0.207 e. The second-order valence-electron chi connectivity index (χ2n) is 3.32. The maximum Gasteiger partial charge on any atom is 0.126 e. The highest BCUT2D eigenvalue weighted by atomic mass is 19.1. The van der Waals surface area contributed by atoms with E-state index >= 15 is 0 Å². The largest absolute Gasteiger partial charge is 0.207 e. The minimum absolute atomic E-state index is 0.0900. The summed E-state index contributed by atoms with van der Waals surface area (Å²) >= 11 is 0. The zero-order valence-corrected chi connectivity index (χ0v) is 7.89. The number of hydrogen-bond donors (Lipinski definition) is 0. The average molecular weight is 164 g/mol. The third-order valence-electron chi connectivity index (χ3n) is 2.38. The molecule has 0 amide bonds. The van der Waals surface area contributed by atoms with Gasteiger partial charge in [0.25, 0.3) is 0 Å². The van der Waals surface area contributed by atoms with Gasteiger partial charge in [-0.3, -0.25) is 0 Å². The predicted molar refractivity (Wildman–Crippen MR) is 52.7 cm³/mol. The molecule has 1 aromatic rings. The monoisotopic (exact) mass is 164 g/mol. The molecule has 1 aromatic carbocycles. The van der Waals surface area contributed by atoms with Crippen LogP contribution in [0.3, 0.4) is 0 Å². The van der Waals surface area contributed by atoms with E-state index in [1.54, 1.807) is 13.0 Å². The van der Waals surface area contributed by atoms with Crippen LogP contribution in [-0.4, -0.2) is 7.85 Å². The molecular weight excluding hydrogens is 150 g/mol. The van der Waals surface area contributed by atoms with Crippen LogP contribution in [0.25, 0.3) is 0 Å². The lowest BCUT2D eigenvalue weighted by molar-refractivity contribution is 0.615. The van der Waals surface area contributed by atoms with E-state index < -0.39 is 0 Å². The molecule has 0 aromatic heterocycles. The topological polar surface area (TPSA) is 0 Å². The molecule has 0 heterocycles. The molecule has 0 nitrogen and oxygen atoms in total. The van der Waals surface area contributed by atoms with E-state index in [1.807, 2.05) is 12.1 Å². The third kappa shape index (κ3) is 1.87. The molecule has 0 N–H and O–H groups in total. The van der Waals surface area contributed by atoms with Crippen LogP contribution in [0.2, 0.25) is 0 Å². The molecule has 0 saturated heterocycles. The van der Waals surface area contributed by atoms with E-state index in [-0.39, 0.29) is 5.82 Å². The Labute approximate surface area is 74.2 Å². The zero-order chi connectivity index (χ0) is 9.14. The van der Waals surface area contributed by atoms with Gasteiger partial charge in [-0.2, -0.15) is 0 Å². The predicted octanol–water partition coefficient (Wildman–Crippen LogP) is 2.22. The molecule has 0 spiro atoms. The zero-order valence-electron chi connectivity index (χ0n) is 7.89. The van der Waals surface area contributed by atoms with Crippen molar-refractivity contribution in [3.63, 3.8) is 0 Å². The Balaban J connectivity index is 2.96. The van der Waals surface area contributed by atoms with Crippen molar-refractivity contribution < 1.29 is 4.39 Å². The smallest absolute Gasteiger partial charge is 0.126 e. The van der Waals surface area contributed by atoms with Gasteiger partial charge in [-0.1, -0.05) is 25.5 Å². The quantitative estimate of drug-likeness (QED) is 0.588. The second-order valence-corrected chi connectivity index (χ2v) is 3.32. The minimum atomic E-state index is -0.0900. The second kappa shape index (κ2) is 3.75. The standard InChI is InChI=1S/C10H14BF/c1-3-9(11)8-5-4-7(2)10(12)6-8/h4-6,9H,3,11H2,1-2H3. The van der Waals surface area contributed by atoms with Gasteiger partial charge >= 0.3 is 0 Å². The Bertz CT molecular complexity index is 271. The van der Waals surface area contributed by atoms with Gasteiger partial charge in [0.1, 0.15) is 13.7 Å². The summed E-state index contributed by atoms with van der Waals surface area (Å²) in [7, 11) is 2.12. The number of aryl methyl sites for hydroxylation is 1. The molecule has 0 bridgehead atoms. The fourth-order valence-electron chi connectivity index (χ4n) is 1.15. The molecule has 0 fully saturated rings. The van der Waals surface area contributed by atoms with E-state index in [9.17, 15) is 4.39 Å². The number of rotatable bonds is 2. The van der Waals surface area contributed by atoms with Crippen LogP contribution in [0.5, 0.6) is 0 Å². The third-order valence-corrected chi connectivity index (χ3v) is 2.38. The maximum atomic E-state index is 13.1. The van der Waals surface area contributed by atoms with Gasteiger partial charge in [0.15, 0.2) is 0 Å². The summed E-state index contributed by atoms with van der Waals surface area (Å²) in [5.74, 6) is 0.368. The molecule has 1 atom stereocenters. The van der Waals surface area contributed by atoms with Crippen LogP contribution in [0.4, 0.5) is 4.39 Å². The van der Waals surface area contributed by atoms with Crippen molar-refractivity contribution >= 4 is 7.85 Å². The van der Waals surface area contributed by atoms with Gasteiger partial charge in [-0.25, -0.2) is 4.39 Å². The Kier molecular flexibility index (Phi) is 2.91. The summed E-state index contributed by atoms with van der Waals surface area (Å²) in [6.45, 7) is 3.90. The molecule has 64 valence electrons. The van der Waals surface area contributed by atoms with Crippen molar-refractivity contribution in [1.29, 1.82) is 0 Å². The SMILES string of the molecule is BC(CC)c1ccc(C)c(F)c1. The van der Waals surface area contributed by atoms with Gasteiger partial charge < -0.3 is 0 Å². The molecular formula is C10H14BF. The van der Waals surface area contributed by atoms with E-state index in [0.29, 0.717) is 5.82 Å². The molecule has 2 heteroatoms. The number of hydrogen-bond acceptors (Lipinski definition) is 0. The average Bonchev–Trinajstić information content (AvgIpc) is 2.08. The summed E-state index contributed by atoms with van der Waals surface area (Å²) < 4.78 is 13.1. The van der Waals surface area contributed by atoms with Crippen LogP contribution in [0, 0.1) is 12.7 Å². The van der Waals surface area contributed by atoms with Crippen molar-refractivity contribution in [2.24, 2.45) is 0 Å². The van der Waals surface area contributed by atoms with E-state index in [4.69, 9.17) is 0 Å². The first kappa shape index (κ1) is 9.30. The number of benzene rings is 1. The first-order chi connectivity index (χ1) is 5.65. The normalized spacial score (nSPS) is 12.9. The van der Waals surface area contributed by atoms with Crippen LogP contribution >= 0.6 is 0 Å². The number of halogens is 1. The fourth-order valence-corrected chi connectivity index (χ4v) is 1.15. The maximum absolute atomic E-state index is 13.1. The van der Waals surface area contributed by atoms with Crippen molar-refractivity contribution in [3.05, 3.63) is 35.1 Å². The molecule has 0 aliphatic carbocycles. The molecule has 1 rings (SSSR count). The summed E-state index contributed by atoms with van der Waals surface area (Å²) in [6.07, 6.45) is 1.06. The van der Waals surface area contributed by atoms with Crippen molar-refractivity contribution in [2.75, 3.05) is 0 Å². The van der Waals surface area contributed by atoms with Gasteiger partial charge in [0, 0.05) is 0 Å². The Morgan fingerprint density at radius 2 is 2.17 bits per heavy atom.